The van der Waals surface area contributed by atoms with Crippen molar-refractivity contribution in [1.82, 2.24) is 0 Å². The molecule has 0 saturated carbocycles. The molecule has 0 aliphatic rings. The monoisotopic (exact) mass is 196 g/mol. The van der Waals surface area contributed by atoms with Crippen LogP contribution in [0.5, 0.6) is 5.75 Å². The third-order valence-corrected chi connectivity index (χ3v) is 1.70. The van der Waals surface area contributed by atoms with Crippen molar-refractivity contribution in [2.45, 2.75) is 26.1 Å². The summed E-state index contributed by atoms with van der Waals surface area (Å²) >= 11 is 0. The van der Waals surface area contributed by atoms with Gasteiger partial charge in [-0.05, 0) is 31.5 Å². The molecule has 1 aromatic carbocycles. The average molecular weight is 196 g/mol. The Hall–Kier alpha value is -1.06. The van der Waals surface area contributed by atoms with Crippen molar-refractivity contribution in [3.63, 3.8) is 0 Å². The van der Waals surface area contributed by atoms with Crippen molar-refractivity contribution in [3.05, 3.63) is 29.8 Å². The zero-order chi connectivity index (χ0) is 10.6. The van der Waals surface area contributed by atoms with Gasteiger partial charge in [-0.1, -0.05) is 12.1 Å². The van der Waals surface area contributed by atoms with E-state index in [1.165, 1.54) is 0 Å². The Bertz CT molecular complexity index is 272. The minimum Gasteiger partial charge on any atom is -0.491 e. The second-order valence-electron chi connectivity index (χ2n) is 3.90. The Balaban J connectivity index is 2.52. The molecule has 1 aromatic rings. The van der Waals surface area contributed by atoms with Gasteiger partial charge < -0.3 is 14.9 Å². The highest BCUT2D eigenvalue weighted by atomic mass is 16.5. The van der Waals surface area contributed by atoms with Gasteiger partial charge in [0.05, 0.1) is 12.2 Å². The van der Waals surface area contributed by atoms with Gasteiger partial charge in [0.15, 0.2) is 0 Å². The average Bonchev–Trinajstić information content (AvgIpc) is 2.14. The SMILES string of the molecule is CC(C)(O)COc1ccc(CO)cc1. The molecule has 3 nitrogen and oxygen atoms in total. The quantitative estimate of drug-likeness (QED) is 0.763. The van der Waals surface area contributed by atoms with Crippen molar-refractivity contribution in [1.29, 1.82) is 0 Å². The number of aliphatic hydroxyl groups excluding tert-OH is 1. The van der Waals surface area contributed by atoms with Crippen LogP contribution in [-0.2, 0) is 6.61 Å². The summed E-state index contributed by atoms with van der Waals surface area (Å²) in [5.41, 5.74) is 0.0240. The van der Waals surface area contributed by atoms with Crippen molar-refractivity contribution in [2.75, 3.05) is 6.61 Å². The zero-order valence-electron chi connectivity index (χ0n) is 8.53. The molecule has 0 aliphatic carbocycles. The van der Waals surface area contributed by atoms with Gasteiger partial charge in [0.1, 0.15) is 12.4 Å². The van der Waals surface area contributed by atoms with Crippen molar-refractivity contribution >= 4 is 0 Å². The van der Waals surface area contributed by atoms with E-state index in [4.69, 9.17) is 9.84 Å². The maximum absolute atomic E-state index is 9.41. The lowest BCUT2D eigenvalue weighted by Crippen LogP contribution is -2.27. The summed E-state index contributed by atoms with van der Waals surface area (Å²) in [6, 6.07) is 7.13. The van der Waals surface area contributed by atoms with Gasteiger partial charge in [0.25, 0.3) is 0 Å². The van der Waals surface area contributed by atoms with Gasteiger partial charge in [-0.15, -0.1) is 0 Å². The lowest BCUT2D eigenvalue weighted by molar-refractivity contribution is 0.0285. The van der Waals surface area contributed by atoms with E-state index in [9.17, 15) is 5.11 Å². The Morgan fingerprint density at radius 2 is 1.79 bits per heavy atom. The summed E-state index contributed by atoms with van der Waals surface area (Å²) in [6.07, 6.45) is 0. The van der Waals surface area contributed by atoms with Crippen LogP contribution in [0, 0.1) is 0 Å². The molecule has 0 atom stereocenters. The van der Waals surface area contributed by atoms with Gasteiger partial charge in [0.2, 0.25) is 0 Å². The first-order valence-electron chi connectivity index (χ1n) is 4.56. The first kappa shape index (κ1) is 11.0. The molecule has 0 amide bonds. The van der Waals surface area contributed by atoms with Crippen LogP contribution < -0.4 is 4.74 Å². The number of hydrogen-bond acceptors (Lipinski definition) is 3. The number of ether oxygens (including phenoxy) is 1. The molecule has 78 valence electrons. The molecular weight excluding hydrogens is 180 g/mol. The third kappa shape index (κ3) is 3.77. The van der Waals surface area contributed by atoms with Crippen molar-refractivity contribution < 1.29 is 14.9 Å². The van der Waals surface area contributed by atoms with Crippen LogP contribution in [0.3, 0.4) is 0 Å². The van der Waals surface area contributed by atoms with Gasteiger partial charge in [-0.25, -0.2) is 0 Å². The molecule has 0 aromatic heterocycles. The largest absolute Gasteiger partial charge is 0.491 e. The van der Waals surface area contributed by atoms with Crippen LogP contribution in [0.25, 0.3) is 0 Å². The predicted octanol–water partition coefficient (Wildman–Crippen LogP) is 1.33. The van der Waals surface area contributed by atoms with Gasteiger partial charge in [-0.3, -0.25) is 0 Å². The lowest BCUT2D eigenvalue weighted by atomic mass is 10.2. The molecule has 0 saturated heterocycles. The summed E-state index contributed by atoms with van der Waals surface area (Å²) in [4.78, 5) is 0. The number of aliphatic hydroxyl groups is 2. The fraction of sp³-hybridized carbons (Fsp3) is 0.455. The molecule has 14 heavy (non-hydrogen) atoms. The van der Waals surface area contributed by atoms with Crippen molar-refractivity contribution in [3.8, 4) is 5.75 Å². The van der Waals surface area contributed by atoms with E-state index < -0.39 is 5.60 Å². The summed E-state index contributed by atoms with van der Waals surface area (Å²) in [7, 11) is 0. The first-order valence-corrected chi connectivity index (χ1v) is 4.56. The van der Waals surface area contributed by atoms with E-state index in [1.807, 2.05) is 0 Å². The Morgan fingerprint density at radius 1 is 1.21 bits per heavy atom. The fourth-order valence-corrected chi connectivity index (χ4v) is 0.951. The molecule has 0 heterocycles. The summed E-state index contributed by atoms with van der Waals surface area (Å²) in [6.45, 7) is 3.67. The topological polar surface area (TPSA) is 49.7 Å². The van der Waals surface area contributed by atoms with E-state index in [0.717, 1.165) is 5.56 Å². The second-order valence-corrected chi connectivity index (χ2v) is 3.90. The number of benzene rings is 1. The van der Waals surface area contributed by atoms with Crippen LogP contribution in [0.15, 0.2) is 24.3 Å². The maximum Gasteiger partial charge on any atom is 0.119 e. The minimum atomic E-state index is -0.824. The van der Waals surface area contributed by atoms with Crippen LogP contribution >= 0.6 is 0 Å². The minimum absolute atomic E-state index is 0.0335. The van der Waals surface area contributed by atoms with Gasteiger partial charge >= 0.3 is 0 Å². The maximum atomic E-state index is 9.41. The van der Waals surface area contributed by atoms with Crippen LogP contribution in [0.2, 0.25) is 0 Å². The standard InChI is InChI=1S/C11H16O3/c1-11(2,13)8-14-10-5-3-9(7-12)4-6-10/h3-6,12-13H,7-8H2,1-2H3. The summed E-state index contributed by atoms with van der Waals surface area (Å²) < 4.78 is 5.34. The highest BCUT2D eigenvalue weighted by Crippen LogP contribution is 2.14. The zero-order valence-corrected chi connectivity index (χ0v) is 8.53. The first-order chi connectivity index (χ1) is 6.51. The molecule has 0 unspecified atom stereocenters. The molecule has 0 spiro atoms. The molecule has 0 bridgehead atoms. The van der Waals surface area contributed by atoms with Crippen LogP contribution in [-0.4, -0.2) is 22.4 Å². The van der Waals surface area contributed by atoms with Crippen LogP contribution in [0.4, 0.5) is 0 Å². The Labute approximate surface area is 84.0 Å². The molecule has 3 heteroatoms. The smallest absolute Gasteiger partial charge is 0.119 e. The summed E-state index contributed by atoms with van der Waals surface area (Å²) in [5, 5.41) is 18.2. The number of rotatable bonds is 4. The third-order valence-electron chi connectivity index (χ3n) is 1.70. The van der Waals surface area contributed by atoms with E-state index in [2.05, 4.69) is 0 Å². The second kappa shape index (κ2) is 4.44. The highest BCUT2D eigenvalue weighted by Gasteiger charge is 2.12. The Kier molecular flexibility index (Phi) is 3.49. The van der Waals surface area contributed by atoms with E-state index >= 15 is 0 Å². The highest BCUT2D eigenvalue weighted by molar-refractivity contribution is 5.26. The molecular formula is C11H16O3. The lowest BCUT2D eigenvalue weighted by Gasteiger charge is -2.17. The number of hydrogen-bond donors (Lipinski definition) is 2. The summed E-state index contributed by atoms with van der Waals surface area (Å²) in [5.74, 6) is 0.698. The molecule has 0 aliphatic heterocycles. The predicted molar refractivity (Wildman–Crippen MR) is 54.2 cm³/mol. The van der Waals surface area contributed by atoms with Crippen molar-refractivity contribution in [2.24, 2.45) is 0 Å². The van der Waals surface area contributed by atoms with E-state index in [1.54, 1.807) is 38.1 Å². The molecule has 0 fully saturated rings. The van der Waals surface area contributed by atoms with Gasteiger partial charge in [0, 0.05) is 0 Å². The molecule has 0 radical (unpaired) electrons. The van der Waals surface area contributed by atoms with Gasteiger partial charge in [-0.2, -0.15) is 0 Å². The Morgan fingerprint density at radius 3 is 2.21 bits per heavy atom. The normalized spacial score (nSPS) is 11.4. The van der Waals surface area contributed by atoms with Crippen LogP contribution in [0.1, 0.15) is 19.4 Å². The molecule has 2 N–H and O–H groups in total. The molecule has 1 rings (SSSR count). The fourth-order valence-electron chi connectivity index (χ4n) is 0.951. The van der Waals surface area contributed by atoms with E-state index in [-0.39, 0.29) is 13.2 Å². The van der Waals surface area contributed by atoms with E-state index in [0.29, 0.717) is 5.75 Å².